The lowest BCUT2D eigenvalue weighted by atomic mass is 9.91. The molecular weight excluding hydrogens is 406 g/mol. The maximum atomic E-state index is 14.8. The minimum absolute atomic E-state index is 0.133. The van der Waals surface area contributed by atoms with E-state index in [4.69, 9.17) is 10.7 Å². The van der Waals surface area contributed by atoms with E-state index in [1.54, 1.807) is 18.2 Å². The topological polar surface area (TPSA) is 54.2 Å². The van der Waals surface area contributed by atoms with Crippen molar-refractivity contribution in [1.82, 2.24) is 4.98 Å². The number of benzene rings is 2. The van der Waals surface area contributed by atoms with Gasteiger partial charge in [0.2, 0.25) is 0 Å². The lowest BCUT2D eigenvalue weighted by Crippen LogP contribution is -2.35. The van der Waals surface area contributed by atoms with Crippen LogP contribution in [-0.2, 0) is 12.5 Å². The predicted molar refractivity (Wildman–Crippen MR) is 126 cm³/mol. The second-order valence-corrected chi connectivity index (χ2v) is 9.35. The third-order valence-corrected chi connectivity index (χ3v) is 6.82. The number of nitrogens with two attached hydrogens (primary N) is 1. The van der Waals surface area contributed by atoms with Gasteiger partial charge in [0.25, 0.3) is 5.92 Å². The van der Waals surface area contributed by atoms with E-state index in [2.05, 4.69) is 18.3 Å². The van der Waals surface area contributed by atoms with Crippen LogP contribution >= 0.6 is 0 Å². The molecule has 1 aliphatic carbocycles. The standard InChI is InChI=1S/C26H30F2N4/c1-17-9-10-23-21(13-17)24(30-20-7-4-6-19(29)14-20)15-25(31-23)32-12-11-26(27,28)22-8-3-2-5-18(22)16-32/h2-3,5,8-10,13,15,19-20H,4,6-7,11-12,14,16,29H2,1H3,(H,30,31). The zero-order chi connectivity index (χ0) is 22.3. The fourth-order valence-electron chi connectivity index (χ4n) is 5.09. The summed E-state index contributed by atoms with van der Waals surface area (Å²) in [5.74, 6) is -2.10. The molecule has 1 saturated carbocycles. The van der Waals surface area contributed by atoms with Gasteiger partial charge in [0.1, 0.15) is 5.82 Å². The van der Waals surface area contributed by atoms with Crippen molar-refractivity contribution in [3.63, 3.8) is 0 Å². The van der Waals surface area contributed by atoms with Crippen molar-refractivity contribution in [3.8, 4) is 0 Å². The first kappa shape index (κ1) is 21.1. The number of rotatable bonds is 3. The molecule has 1 fully saturated rings. The van der Waals surface area contributed by atoms with Crippen molar-refractivity contribution in [1.29, 1.82) is 0 Å². The number of pyridine rings is 1. The van der Waals surface area contributed by atoms with E-state index in [9.17, 15) is 8.78 Å². The van der Waals surface area contributed by atoms with Crippen LogP contribution in [0.2, 0.25) is 0 Å². The molecule has 2 heterocycles. The van der Waals surface area contributed by atoms with Crippen molar-refractivity contribution in [2.24, 2.45) is 5.73 Å². The van der Waals surface area contributed by atoms with Crippen molar-refractivity contribution < 1.29 is 8.78 Å². The number of nitrogens with one attached hydrogen (secondary N) is 1. The van der Waals surface area contributed by atoms with E-state index in [1.165, 1.54) is 5.56 Å². The lowest BCUT2D eigenvalue weighted by molar-refractivity contribution is -0.00967. The van der Waals surface area contributed by atoms with E-state index in [-0.39, 0.29) is 24.6 Å². The Bertz CT molecular complexity index is 1130. The molecule has 0 amide bonds. The molecule has 6 heteroatoms. The molecule has 32 heavy (non-hydrogen) atoms. The monoisotopic (exact) mass is 436 g/mol. The van der Waals surface area contributed by atoms with Crippen LogP contribution in [-0.4, -0.2) is 23.6 Å². The molecular formula is C26H30F2N4. The average Bonchev–Trinajstić information content (AvgIpc) is 2.90. The van der Waals surface area contributed by atoms with Gasteiger partial charge in [-0.3, -0.25) is 0 Å². The molecule has 3 N–H and O–H groups in total. The van der Waals surface area contributed by atoms with Crippen molar-refractivity contribution in [2.75, 3.05) is 16.8 Å². The summed E-state index contributed by atoms with van der Waals surface area (Å²) >= 11 is 0. The molecule has 168 valence electrons. The highest BCUT2D eigenvalue weighted by molar-refractivity contribution is 5.93. The van der Waals surface area contributed by atoms with E-state index < -0.39 is 5.92 Å². The van der Waals surface area contributed by atoms with Gasteiger partial charge in [0.15, 0.2) is 0 Å². The number of nitrogens with zero attached hydrogens (tertiary/aromatic N) is 2. The normalized spacial score (nSPS) is 22.9. The second kappa shape index (κ2) is 8.32. The van der Waals surface area contributed by atoms with E-state index in [0.29, 0.717) is 18.2 Å². The van der Waals surface area contributed by atoms with Crippen molar-refractivity contribution in [2.45, 2.75) is 63.6 Å². The summed E-state index contributed by atoms with van der Waals surface area (Å²) in [4.78, 5) is 6.87. The number of aromatic nitrogens is 1. The Kier molecular flexibility index (Phi) is 5.49. The van der Waals surface area contributed by atoms with Gasteiger partial charge in [-0.1, -0.05) is 35.9 Å². The Morgan fingerprint density at radius 3 is 2.81 bits per heavy atom. The number of hydrogen-bond donors (Lipinski definition) is 2. The summed E-state index contributed by atoms with van der Waals surface area (Å²) in [6.07, 6.45) is 3.99. The van der Waals surface area contributed by atoms with Gasteiger partial charge in [-0.15, -0.1) is 0 Å². The molecule has 1 aromatic heterocycles. The Morgan fingerprint density at radius 2 is 1.97 bits per heavy atom. The van der Waals surface area contributed by atoms with Crippen LogP contribution in [0.1, 0.15) is 48.8 Å². The molecule has 0 radical (unpaired) electrons. The fraction of sp³-hybridized carbons (Fsp3) is 0.423. The van der Waals surface area contributed by atoms with E-state index >= 15 is 0 Å². The quantitative estimate of drug-likeness (QED) is 0.551. The molecule has 0 bridgehead atoms. The first-order valence-electron chi connectivity index (χ1n) is 11.5. The highest BCUT2D eigenvalue weighted by Gasteiger charge is 2.37. The van der Waals surface area contributed by atoms with Crippen LogP contribution < -0.4 is 16.0 Å². The molecule has 2 unspecified atom stereocenters. The van der Waals surface area contributed by atoms with Gasteiger partial charge in [-0.25, -0.2) is 13.8 Å². The third kappa shape index (κ3) is 4.16. The maximum Gasteiger partial charge on any atom is 0.275 e. The van der Waals surface area contributed by atoms with E-state index in [1.807, 2.05) is 29.2 Å². The summed E-state index contributed by atoms with van der Waals surface area (Å²) in [6, 6.07) is 15.6. The summed E-state index contributed by atoms with van der Waals surface area (Å²) in [5.41, 5.74) is 10.1. The van der Waals surface area contributed by atoms with Gasteiger partial charge in [-0.05, 0) is 50.3 Å². The number of alkyl halides is 2. The number of aryl methyl sites for hydroxylation is 1. The number of fused-ring (bicyclic) bond motifs is 2. The van der Waals surface area contributed by atoms with Crippen molar-refractivity contribution >= 4 is 22.4 Å². The zero-order valence-electron chi connectivity index (χ0n) is 18.5. The number of halogens is 2. The molecule has 2 aromatic carbocycles. The SMILES string of the molecule is Cc1ccc2nc(N3CCC(F)(F)c4ccccc4C3)cc(NC3CCCC(N)C3)c2c1. The van der Waals surface area contributed by atoms with Crippen molar-refractivity contribution in [3.05, 3.63) is 65.2 Å². The fourth-order valence-corrected chi connectivity index (χ4v) is 5.09. The Morgan fingerprint density at radius 1 is 1.12 bits per heavy atom. The Hall–Kier alpha value is -2.73. The maximum absolute atomic E-state index is 14.8. The highest BCUT2D eigenvalue weighted by atomic mass is 19.3. The van der Waals surface area contributed by atoms with E-state index in [0.717, 1.165) is 48.1 Å². The van der Waals surface area contributed by atoms with Crippen LogP contribution in [0.5, 0.6) is 0 Å². The van der Waals surface area contributed by atoms with Crippen LogP contribution in [0, 0.1) is 6.92 Å². The van der Waals surface area contributed by atoms with Crippen LogP contribution in [0.3, 0.4) is 0 Å². The smallest absolute Gasteiger partial charge is 0.275 e. The third-order valence-electron chi connectivity index (χ3n) is 6.82. The molecule has 4 nitrogen and oxygen atoms in total. The second-order valence-electron chi connectivity index (χ2n) is 9.35. The zero-order valence-corrected chi connectivity index (χ0v) is 18.5. The Balaban J connectivity index is 1.54. The van der Waals surface area contributed by atoms with Gasteiger partial charge in [-0.2, -0.15) is 0 Å². The Labute approximate surface area is 187 Å². The molecule has 0 saturated heterocycles. The molecule has 0 spiro atoms. The average molecular weight is 437 g/mol. The summed E-state index contributed by atoms with van der Waals surface area (Å²) < 4.78 is 29.6. The molecule has 1 aliphatic heterocycles. The minimum Gasteiger partial charge on any atom is -0.382 e. The van der Waals surface area contributed by atoms with Crippen LogP contribution in [0.4, 0.5) is 20.3 Å². The first-order chi connectivity index (χ1) is 15.4. The number of anilines is 2. The van der Waals surface area contributed by atoms with Gasteiger partial charge in [0.05, 0.1) is 5.52 Å². The largest absolute Gasteiger partial charge is 0.382 e. The predicted octanol–water partition coefficient (Wildman–Crippen LogP) is 5.73. The van der Waals surface area contributed by atoms with Gasteiger partial charge < -0.3 is 16.0 Å². The minimum atomic E-state index is -2.83. The first-order valence-corrected chi connectivity index (χ1v) is 11.5. The highest BCUT2D eigenvalue weighted by Crippen LogP contribution is 2.39. The van der Waals surface area contributed by atoms with Gasteiger partial charge >= 0.3 is 0 Å². The summed E-state index contributed by atoms with van der Waals surface area (Å²) in [6.45, 7) is 2.74. The molecule has 2 atom stereocenters. The van der Waals surface area contributed by atoms with Crippen LogP contribution in [0.25, 0.3) is 10.9 Å². The van der Waals surface area contributed by atoms with Gasteiger partial charge in [0, 0.05) is 54.3 Å². The summed E-state index contributed by atoms with van der Waals surface area (Å²) in [7, 11) is 0. The molecule has 2 aliphatic rings. The number of hydrogen-bond acceptors (Lipinski definition) is 4. The summed E-state index contributed by atoms with van der Waals surface area (Å²) in [5, 5.41) is 4.78. The molecule has 3 aromatic rings. The van der Waals surface area contributed by atoms with Crippen LogP contribution in [0.15, 0.2) is 48.5 Å². The lowest BCUT2D eigenvalue weighted by Gasteiger charge is -2.29. The molecule has 5 rings (SSSR count).